The minimum atomic E-state index is -3.25. The van der Waals surface area contributed by atoms with Crippen LogP contribution in [0.2, 0.25) is 0 Å². The zero-order valence-corrected chi connectivity index (χ0v) is 13.0. The van der Waals surface area contributed by atoms with Gasteiger partial charge in [0.15, 0.2) is 9.84 Å². The van der Waals surface area contributed by atoms with Gasteiger partial charge in [0.2, 0.25) is 0 Å². The molecule has 112 valence electrons. The molecule has 0 bridgehead atoms. The van der Waals surface area contributed by atoms with Crippen LogP contribution in [0.4, 0.5) is 0 Å². The van der Waals surface area contributed by atoms with Gasteiger partial charge < -0.3 is 9.26 Å². The van der Waals surface area contributed by atoms with Crippen molar-refractivity contribution in [2.75, 3.05) is 6.61 Å². The molecule has 1 atom stereocenters. The molecule has 0 spiro atoms. The second kappa shape index (κ2) is 4.56. The largest absolute Gasteiger partial charge is 0.374 e. The van der Waals surface area contributed by atoms with Crippen molar-refractivity contribution < 1.29 is 17.7 Å². The highest BCUT2D eigenvalue weighted by Crippen LogP contribution is 2.42. The third-order valence-electron chi connectivity index (χ3n) is 4.23. The first-order valence-electron chi connectivity index (χ1n) is 7.09. The predicted octanol–water partition coefficient (Wildman–Crippen LogP) is 2.34. The highest BCUT2D eigenvalue weighted by molar-refractivity contribution is 7.91. The van der Waals surface area contributed by atoms with Gasteiger partial charge in [0, 0.05) is 11.5 Å². The smallest absolute Gasteiger partial charge is 0.161 e. The Morgan fingerprint density at radius 2 is 2.05 bits per heavy atom. The summed E-state index contributed by atoms with van der Waals surface area (Å²) in [4.78, 5) is 0. The molecule has 1 aliphatic carbocycles. The summed E-state index contributed by atoms with van der Waals surface area (Å²) < 4.78 is 35.8. The normalized spacial score (nSPS) is 26.1. The van der Waals surface area contributed by atoms with Crippen molar-refractivity contribution in [2.24, 2.45) is 0 Å². The molecule has 2 fully saturated rings. The molecule has 1 aliphatic heterocycles. The molecule has 2 heterocycles. The van der Waals surface area contributed by atoms with Gasteiger partial charge in [-0.3, -0.25) is 0 Å². The van der Waals surface area contributed by atoms with Crippen LogP contribution in [0.15, 0.2) is 4.52 Å². The van der Waals surface area contributed by atoms with E-state index >= 15 is 0 Å². The molecule has 0 amide bonds. The fourth-order valence-electron chi connectivity index (χ4n) is 2.77. The molecule has 6 heteroatoms. The average Bonchev–Trinajstić information content (AvgIpc) is 3.03. The van der Waals surface area contributed by atoms with Gasteiger partial charge >= 0.3 is 0 Å². The van der Waals surface area contributed by atoms with E-state index in [-0.39, 0.29) is 18.0 Å². The highest BCUT2D eigenvalue weighted by atomic mass is 32.2. The summed E-state index contributed by atoms with van der Waals surface area (Å²) in [6, 6.07) is 0. The minimum Gasteiger partial charge on any atom is -0.374 e. The highest BCUT2D eigenvalue weighted by Gasteiger charge is 2.40. The Kier molecular flexibility index (Phi) is 3.21. The van der Waals surface area contributed by atoms with Gasteiger partial charge in [-0.1, -0.05) is 5.16 Å². The van der Waals surface area contributed by atoms with Gasteiger partial charge in [-0.15, -0.1) is 0 Å². The zero-order chi connectivity index (χ0) is 14.5. The van der Waals surface area contributed by atoms with Gasteiger partial charge in [-0.2, -0.15) is 0 Å². The molecule has 2 aliphatic rings. The van der Waals surface area contributed by atoms with E-state index in [0.29, 0.717) is 18.0 Å². The van der Waals surface area contributed by atoms with E-state index in [1.54, 1.807) is 0 Å². The Morgan fingerprint density at radius 3 is 2.60 bits per heavy atom. The van der Waals surface area contributed by atoms with E-state index < -0.39 is 15.1 Å². The van der Waals surface area contributed by atoms with E-state index in [1.165, 1.54) is 0 Å². The van der Waals surface area contributed by atoms with E-state index in [9.17, 15) is 8.42 Å². The number of aromatic nitrogens is 1. The summed E-state index contributed by atoms with van der Waals surface area (Å²) in [5, 5.41) is 3.54. The summed E-state index contributed by atoms with van der Waals surface area (Å²) in [5.41, 5.74) is 1.13. The number of sulfone groups is 1. The lowest BCUT2D eigenvalue weighted by Crippen LogP contribution is -2.25. The minimum absolute atomic E-state index is 0.0425. The molecule has 1 aromatic heterocycles. The van der Waals surface area contributed by atoms with Gasteiger partial charge in [-0.05, 0) is 40.0 Å². The molecule has 1 unspecified atom stereocenters. The molecule has 3 rings (SSSR count). The summed E-state index contributed by atoms with van der Waals surface area (Å²) in [6.07, 6.45) is 2.78. The van der Waals surface area contributed by atoms with Crippen molar-refractivity contribution in [3.8, 4) is 0 Å². The first kappa shape index (κ1) is 14.1. The molecule has 5 nitrogen and oxygen atoms in total. The van der Waals surface area contributed by atoms with Crippen LogP contribution >= 0.6 is 0 Å². The van der Waals surface area contributed by atoms with Crippen LogP contribution in [0.3, 0.4) is 0 Å². The number of hydrogen-bond donors (Lipinski definition) is 0. The van der Waals surface area contributed by atoms with E-state index in [4.69, 9.17) is 9.26 Å². The van der Waals surface area contributed by atoms with Crippen LogP contribution in [0, 0.1) is 6.92 Å². The van der Waals surface area contributed by atoms with E-state index in [0.717, 1.165) is 24.2 Å². The maximum atomic E-state index is 12.5. The lowest BCUT2D eigenvalue weighted by molar-refractivity contribution is 0.0368. The molecule has 20 heavy (non-hydrogen) atoms. The van der Waals surface area contributed by atoms with Crippen LogP contribution in [0.1, 0.15) is 56.0 Å². The second-order valence-electron chi connectivity index (χ2n) is 6.60. The van der Waals surface area contributed by atoms with Crippen LogP contribution in [-0.4, -0.2) is 31.0 Å². The van der Waals surface area contributed by atoms with Crippen molar-refractivity contribution in [3.63, 3.8) is 0 Å². The molecular weight excluding hydrogens is 278 g/mol. The maximum Gasteiger partial charge on any atom is 0.161 e. The van der Waals surface area contributed by atoms with Crippen LogP contribution < -0.4 is 0 Å². The summed E-state index contributed by atoms with van der Waals surface area (Å²) in [6.45, 7) is 6.04. The lowest BCUT2D eigenvalue weighted by Gasteiger charge is -2.15. The van der Waals surface area contributed by atoms with Crippen LogP contribution in [-0.2, 0) is 20.3 Å². The van der Waals surface area contributed by atoms with Crippen LogP contribution in [0.5, 0.6) is 0 Å². The average molecular weight is 299 g/mol. The Hall–Kier alpha value is -0.880. The Morgan fingerprint density at radius 1 is 1.35 bits per heavy atom. The molecule has 0 radical (unpaired) electrons. The third-order valence-corrected chi connectivity index (χ3v) is 6.22. The fraction of sp³-hybridized carbons (Fsp3) is 0.786. The summed E-state index contributed by atoms with van der Waals surface area (Å²) in [7, 11) is -3.25. The second-order valence-corrected chi connectivity index (χ2v) is 8.88. The Labute approximate surface area is 119 Å². The zero-order valence-electron chi connectivity index (χ0n) is 12.2. The fourth-order valence-corrected chi connectivity index (χ4v) is 4.58. The van der Waals surface area contributed by atoms with Gasteiger partial charge in [-0.25, -0.2) is 8.42 Å². The number of nitrogens with zero attached hydrogens (tertiary/aromatic N) is 1. The van der Waals surface area contributed by atoms with Crippen molar-refractivity contribution >= 4 is 9.84 Å². The first-order chi connectivity index (χ1) is 9.28. The lowest BCUT2D eigenvalue weighted by atomic mass is 10.1. The number of ether oxygens (including phenoxy) is 1. The molecule has 1 saturated carbocycles. The third kappa shape index (κ3) is 2.63. The Bertz CT molecular complexity index is 613. The van der Waals surface area contributed by atoms with E-state index in [2.05, 4.69) is 5.16 Å². The maximum absolute atomic E-state index is 12.5. The Balaban J connectivity index is 1.76. The molecule has 0 aromatic carbocycles. The topological polar surface area (TPSA) is 69.4 Å². The monoisotopic (exact) mass is 299 g/mol. The van der Waals surface area contributed by atoms with Crippen molar-refractivity contribution in [1.29, 1.82) is 0 Å². The standard InChI is InChI=1S/C14H21NO4S/c1-9-12(15-19-13(9)10-4-5-10)8-20(16,17)11-6-14(2,3)18-7-11/h10-11H,4-8H2,1-3H3. The van der Waals surface area contributed by atoms with Crippen LogP contribution in [0.25, 0.3) is 0 Å². The van der Waals surface area contributed by atoms with Gasteiger partial charge in [0.1, 0.15) is 11.5 Å². The van der Waals surface area contributed by atoms with Crippen molar-refractivity contribution in [2.45, 2.75) is 62.6 Å². The SMILES string of the molecule is Cc1c(CS(=O)(=O)C2COC(C)(C)C2)noc1C1CC1. The van der Waals surface area contributed by atoms with Crippen molar-refractivity contribution in [3.05, 3.63) is 17.0 Å². The predicted molar refractivity (Wildman–Crippen MR) is 74.3 cm³/mol. The van der Waals surface area contributed by atoms with Crippen molar-refractivity contribution in [1.82, 2.24) is 5.16 Å². The van der Waals surface area contributed by atoms with Gasteiger partial charge in [0.25, 0.3) is 0 Å². The molecule has 1 saturated heterocycles. The first-order valence-corrected chi connectivity index (χ1v) is 8.81. The molecule has 1 aromatic rings. The van der Waals surface area contributed by atoms with E-state index in [1.807, 2.05) is 20.8 Å². The number of rotatable bonds is 4. The number of hydrogen-bond acceptors (Lipinski definition) is 5. The summed E-state index contributed by atoms with van der Waals surface area (Å²) in [5.74, 6) is 1.28. The quantitative estimate of drug-likeness (QED) is 0.853. The van der Waals surface area contributed by atoms with Gasteiger partial charge in [0.05, 0.1) is 23.2 Å². The molecule has 0 N–H and O–H groups in total. The molecular formula is C14H21NO4S. The summed E-state index contributed by atoms with van der Waals surface area (Å²) >= 11 is 0.